The maximum atomic E-state index is 12.7. The van der Waals surface area contributed by atoms with Gasteiger partial charge in [-0.05, 0) is 18.2 Å². The van der Waals surface area contributed by atoms with Gasteiger partial charge in [0.15, 0.2) is 0 Å². The molecule has 0 saturated heterocycles. The lowest BCUT2D eigenvalue weighted by Crippen LogP contribution is -2.28. The lowest BCUT2D eigenvalue weighted by Gasteiger charge is -2.15. The van der Waals surface area contributed by atoms with E-state index in [4.69, 9.17) is 0 Å². The van der Waals surface area contributed by atoms with Crippen LogP contribution >= 0.6 is 0 Å². The van der Waals surface area contributed by atoms with Gasteiger partial charge >= 0.3 is 0 Å². The Morgan fingerprint density at radius 3 is 2.85 bits per heavy atom. The van der Waals surface area contributed by atoms with E-state index < -0.39 is 4.92 Å². The van der Waals surface area contributed by atoms with Crippen LogP contribution in [0.2, 0.25) is 0 Å². The molecule has 136 valence electrons. The molecule has 9 heteroatoms. The van der Waals surface area contributed by atoms with Gasteiger partial charge in [-0.3, -0.25) is 24.6 Å². The van der Waals surface area contributed by atoms with Crippen LogP contribution in [0.4, 0.5) is 5.69 Å². The van der Waals surface area contributed by atoms with E-state index >= 15 is 0 Å². The number of aromatic nitrogens is 4. The summed E-state index contributed by atoms with van der Waals surface area (Å²) in [6.07, 6.45) is 5.01. The van der Waals surface area contributed by atoms with E-state index in [0.29, 0.717) is 18.8 Å². The number of aryl methyl sites for hydroxylation is 1. The van der Waals surface area contributed by atoms with Crippen molar-refractivity contribution in [3.63, 3.8) is 0 Å². The molecule has 0 spiro atoms. The third kappa shape index (κ3) is 3.26. The van der Waals surface area contributed by atoms with Gasteiger partial charge in [-0.2, -0.15) is 5.10 Å². The van der Waals surface area contributed by atoms with Crippen LogP contribution in [0.1, 0.15) is 17.0 Å². The molecule has 27 heavy (non-hydrogen) atoms. The monoisotopic (exact) mass is 364 g/mol. The minimum Gasteiger partial charge on any atom is -0.332 e. The zero-order valence-corrected chi connectivity index (χ0v) is 14.6. The SMILES string of the molecule is Cn1cc2c(n1)CN(C(=O)Cc1nc(-c3cccnc3)ccc1[N+](=O)[O-])C2. The first-order chi connectivity index (χ1) is 13.0. The summed E-state index contributed by atoms with van der Waals surface area (Å²) in [6, 6.07) is 6.53. The van der Waals surface area contributed by atoms with Gasteiger partial charge in [0, 0.05) is 49.4 Å². The topological polar surface area (TPSA) is 107 Å². The zero-order chi connectivity index (χ0) is 19.0. The first-order valence-corrected chi connectivity index (χ1v) is 8.35. The largest absolute Gasteiger partial charge is 0.332 e. The molecule has 4 heterocycles. The smallest absolute Gasteiger partial charge is 0.291 e. The fourth-order valence-electron chi connectivity index (χ4n) is 3.19. The Balaban J connectivity index is 1.59. The molecule has 3 aromatic heterocycles. The summed E-state index contributed by atoms with van der Waals surface area (Å²) in [6.45, 7) is 0.864. The van der Waals surface area contributed by atoms with E-state index in [-0.39, 0.29) is 23.7 Å². The van der Waals surface area contributed by atoms with Gasteiger partial charge in [-0.1, -0.05) is 0 Å². The summed E-state index contributed by atoms with van der Waals surface area (Å²) in [4.78, 5) is 33.6. The quantitative estimate of drug-likeness (QED) is 0.517. The highest BCUT2D eigenvalue weighted by molar-refractivity contribution is 5.80. The second-order valence-electron chi connectivity index (χ2n) is 6.36. The summed E-state index contributed by atoms with van der Waals surface area (Å²) >= 11 is 0. The second kappa shape index (κ2) is 6.60. The summed E-state index contributed by atoms with van der Waals surface area (Å²) in [5, 5.41) is 15.7. The van der Waals surface area contributed by atoms with E-state index in [1.165, 1.54) is 6.07 Å². The van der Waals surface area contributed by atoms with Crippen molar-refractivity contribution in [2.24, 2.45) is 7.05 Å². The lowest BCUT2D eigenvalue weighted by molar-refractivity contribution is -0.385. The predicted octanol–water partition coefficient (Wildman–Crippen LogP) is 1.87. The van der Waals surface area contributed by atoms with E-state index in [2.05, 4.69) is 15.1 Å². The van der Waals surface area contributed by atoms with E-state index in [0.717, 1.165) is 16.8 Å². The maximum Gasteiger partial charge on any atom is 0.291 e. The first kappa shape index (κ1) is 16.8. The van der Waals surface area contributed by atoms with Crippen molar-refractivity contribution in [3.05, 3.63) is 69.9 Å². The van der Waals surface area contributed by atoms with Crippen molar-refractivity contribution in [1.29, 1.82) is 0 Å². The van der Waals surface area contributed by atoms with Crippen LogP contribution in [0.3, 0.4) is 0 Å². The third-order valence-electron chi connectivity index (χ3n) is 4.47. The number of carbonyl (C=O) groups is 1. The summed E-state index contributed by atoms with van der Waals surface area (Å²) < 4.78 is 1.72. The maximum absolute atomic E-state index is 12.7. The van der Waals surface area contributed by atoms with Crippen molar-refractivity contribution < 1.29 is 9.72 Å². The highest BCUT2D eigenvalue weighted by atomic mass is 16.6. The van der Waals surface area contributed by atoms with Crippen molar-refractivity contribution in [2.45, 2.75) is 19.5 Å². The molecule has 0 bridgehead atoms. The number of fused-ring (bicyclic) bond motifs is 1. The Kier molecular flexibility index (Phi) is 4.11. The van der Waals surface area contributed by atoms with Crippen LogP contribution in [0.15, 0.2) is 42.9 Å². The molecule has 9 nitrogen and oxygen atoms in total. The van der Waals surface area contributed by atoms with Crippen LogP contribution < -0.4 is 0 Å². The van der Waals surface area contributed by atoms with Crippen molar-refractivity contribution in [2.75, 3.05) is 0 Å². The molecule has 1 aliphatic heterocycles. The minimum atomic E-state index is -0.511. The minimum absolute atomic E-state index is 0.138. The van der Waals surface area contributed by atoms with Gasteiger partial charge in [0.1, 0.15) is 5.69 Å². The number of pyridine rings is 2. The van der Waals surface area contributed by atoms with E-state index in [1.54, 1.807) is 34.1 Å². The molecular weight excluding hydrogens is 348 g/mol. The van der Waals surface area contributed by atoms with Crippen LogP contribution in [0.5, 0.6) is 0 Å². The molecule has 0 saturated carbocycles. The number of hydrogen-bond acceptors (Lipinski definition) is 6. The van der Waals surface area contributed by atoms with E-state index in [1.807, 2.05) is 19.3 Å². The van der Waals surface area contributed by atoms with Gasteiger partial charge in [0.25, 0.3) is 5.69 Å². The average molecular weight is 364 g/mol. The number of amides is 1. The summed E-state index contributed by atoms with van der Waals surface area (Å²) in [7, 11) is 1.84. The van der Waals surface area contributed by atoms with Crippen molar-refractivity contribution in [1.82, 2.24) is 24.6 Å². The predicted molar refractivity (Wildman–Crippen MR) is 95.3 cm³/mol. The van der Waals surface area contributed by atoms with Gasteiger partial charge < -0.3 is 4.90 Å². The highest BCUT2D eigenvalue weighted by Gasteiger charge is 2.28. The standard InChI is InChI=1S/C18H16N6O3/c1-22-9-13-10-23(11-16(13)21-22)18(25)7-15-17(24(26)27)5-4-14(20-15)12-3-2-6-19-8-12/h2-6,8-9H,7,10-11H2,1H3. The molecule has 0 N–H and O–H groups in total. The highest BCUT2D eigenvalue weighted by Crippen LogP contribution is 2.26. The Hall–Kier alpha value is -3.62. The van der Waals surface area contributed by atoms with Crippen molar-refractivity contribution in [3.8, 4) is 11.3 Å². The molecule has 0 fully saturated rings. The Morgan fingerprint density at radius 1 is 1.30 bits per heavy atom. The Bertz CT molecular complexity index is 1010. The molecule has 0 atom stereocenters. The molecule has 1 amide bonds. The molecule has 0 unspecified atom stereocenters. The normalized spacial score (nSPS) is 12.9. The molecule has 0 aliphatic carbocycles. The second-order valence-corrected chi connectivity index (χ2v) is 6.36. The number of nitro groups is 1. The van der Waals surface area contributed by atoms with Crippen LogP contribution in [0.25, 0.3) is 11.3 Å². The fraction of sp³-hybridized carbons (Fsp3) is 0.222. The summed E-state index contributed by atoms with van der Waals surface area (Å²) in [5.41, 5.74) is 3.13. The van der Waals surface area contributed by atoms with Gasteiger partial charge in [0.05, 0.1) is 29.3 Å². The van der Waals surface area contributed by atoms with Gasteiger partial charge in [-0.15, -0.1) is 0 Å². The number of hydrogen-bond donors (Lipinski definition) is 0. The fourth-order valence-corrected chi connectivity index (χ4v) is 3.19. The average Bonchev–Trinajstić information content (AvgIpc) is 3.19. The van der Waals surface area contributed by atoms with E-state index in [9.17, 15) is 14.9 Å². The van der Waals surface area contributed by atoms with Gasteiger partial charge in [-0.25, -0.2) is 4.98 Å². The molecule has 1 aliphatic rings. The zero-order valence-electron chi connectivity index (χ0n) is 14.6. The number of carbonyl (C=O) groups excluding carboxylic acids is 1. The molecule has 4 rings (SSSR count). The first-order valence-electron chi connectivity index (χ1n) is 8.35. The Morgan fingerprint density at radius 2 is 2.15 bits per heavy atom. The number of rotatable bonds is 4. The molecular formula is C18H16N6O3. The molecule has 3 aromatic rings. The molecule has 0 radical (unpaired) electrons. The number of nitrogens with zero attached hydrogens (tertiary/aromatic N) is 6. The lowest BCUT2D eigenvalue weighted by atomic mass is 10.1. The van der Waals surface area contributed by atoms with Crippen LogP contribution in [0, 0.1) is 10.1 Å². The van der Waals surface area contributed by atoms with Crippen LogP contribution in [-0.2, 0) is 31.4 Å². The Labute approximate surface area is 154 Å². The summed E-state index contributed by atoms with van der Waals surface area (Å²) in [5.74, 6) is -0.213. The van der Waals surface area contributed by atoms with Crippen molar-refractivity contribution >= 4 is 11.6 Å². The molecule has 0 aromatic carbocycles. The van der Waals surface area contributed by atoms with Gasteiger partial charge in [0.2, 0.25) is 5.91 Å². The third-order valence-corrected chi connectivity index (χ3v) is 4.47. The van der Waals surface area contributed by atoms with Crippen LogP contribution in [-0.4, -0.2) is 35.5 Å².